The van der Waals surface area contributed by atoms with Crippen LogP contribution in [0.15, 0.2) is 41.4 Å². The fraction of sp³-hybridized carbons (Fsp3) is 0.476. The maximum atomic E-state index is 12.5. The van der Waals surface area contributed by atoms with E-state index < -0.39 is 16.0 Å². The highest BCUT2D eigenvalue weighted by Crippen LogP contribution is 2.19. The molecule has 0 spiro atoms. The van der Waals surface area contributed by atoms with Crippen LogP contribution < -0.4 is 9.46 Å². The van der Waals surface area contributed by atoms with Crippen LogP contribution in [-0.4, -0.2) is 64.7 Å². The molecule has 2 aromatic rings. The number of benzene rings is 1. The Hall–Kier alpha value is -2.36. The molecule has 1 aromatic heterocycles. The topological polar surface area (TPSA) is 101 Å². The van der Waals surface area contributed by atoms with E-state index in [4.69, 9.17) is 4.74 Å². The Morgan fingerprint density at radius 3 is 2.70 bits per heavy atom. The summed E-state index contributed by atoms with van der Waals surface area (Å²) in [5, 5.41) is 0. The van der Waals surface area contributed by atoms with Crippen LogP contribution in [0.5, 0.6) is 5.75 Å². The summed E-state index contributed by atoms with van der Waals surface area (Å²) in [6.45, 7) is 3.27. The third-order valence-corrected chi connectivity index (χ3v) is 6.90. The number of likely N-dealkylation sites (tertiary alicyclic amines) is 1. The highest BCUT2D eigenvalue weighted by Gasteiger charge is 2.23. The van der Waals surface area contributed by atoms with Crippen molar-refractivity contribution >= 4 is 16.0 Å². The van der Waals surface area contributed by atoms with Crippen molar-refractivity contribution in [3.05, 3.63) is 47.8 Å². The van der Waals surface area contributed by atoms with E-state index in [9.17, 15) is 13.2 Å². The minimum atomic E-state index is -3.66. The van der Waals surface area contributed by atoms with Crippen LogP contribution in [0.4, 0.5) is 0 Å². The lowest BCUT2D eigenvalue weighted by Gasteiger charge is -2.32. The molecule has 9 heteroatoms. The van der Waals surface area contributed by atoms with Crippen LogP contribution in [0, 0.1) is 5.92 Å². The number of rotatable bonds is 9. The predicted octanol–water partition coefficient (Wildman–Crippen LogP) is 2.04. The van der Waals surface area contributed by atoms with Gasteiger partial charge in [-0.3, -0.25) is 0 Å². The zero-order valence-corrected chi connectivity index (χ0v) is 18.2. The average Bonchev–Trinajstić information content (AvgIpc) is 3.28. The van der Waals surface area contributed by atoms with Crippen molar-refractivity contribution in [3.8, 4) is 5.75 Å². The van der Waals surface area contributed by atoms with E-state index in [1.54, 1.807) is 7.11 Å². The van der Waals surface area contributed by atoms with Crippen molar-refractivity contribution in [2.45, 2.75) is 24.2 Å². The summed E-state index contributed by atoms with van der Waals surface area (Å²) in [5.74, 6) is 0.573. The number of methoxy groups -OCH3 is 2. The van der Waals surface area contributed by atoms with Crippen LogP contribution in [0.3, 0.4) is 0 Å². The normalized spacial score (nSPS) is 15.8. The molecule has 0 bridgehead atoms. The number of nitrogens with zero attached hydrogens (tertiary/aromatic N) is 1. The van der Waals surface area contributed by atoms with E-state index in [1.807, 2.05) is 12.1 Å². The SMILES string of the molecule is COC(=O)c1cc(S(=O)(=O)NCC2CCN(CCc3cccc(OC)c3)CC2)c[nH]1. The third-order valence-electron chi connectivity index (χ3n) is 5.49. The monoisotopic (exact) mass is 435 g/mol. The number of hydrogen-bond donors (Lipinski definition) is 2. The quantitative estimate of drug-likeness (QED) is 0.585. The zero-order chi connectivity index (χ0) is 21.6. The van der Waals surface area contributed by atoms with Gasteiger partial charge < -0.3 is 19.4 Å². The Labute approximate surface area is 177 Å². The summed E-state index contributed by atoms with van der Waals surface area (Å²) in [7, 11) is -0.740. The average molecular weight is 436 g/mol. The highest BCUT2D eigenvalue weighted by atomic mass is 32.2. The molecule has 30 heavy (non-hydrogen) atoms. The number of H-pyrrole nitrogens is 1. The molecule has 2 N–H and O–H groups in total. The maximum absolute atomic E-state index is 12.5. The van der Waals surface area contributed by atoms with Gasteiger partial charge in [-0.05, 0) is 62.0 Å². The number of aromatic amines is 1. The first-order valence-electron chi connectivity index (χ1n) is 10.0. The summed E-state index contributed by atoms with van der Waals surface area (Å²) in [5.41, 5.74) is 1.37. The molecule has 1 fully saturated rings. The molecule has 164 valence electrons. The van der Waals surface area contributed by atoms with Crippen molar-refractivity contribution in [2.75, 3.05) is 40.4 Å². The van der Waals surface area contributed by atoms with Crippen LogP contribution in [0.2, 0.25) is 0 Å². The summed E-state index contributed by atoms with van der Waals surface area (Å²) in [6, 6.07) is 9.41. The van der Waals surface area contributed by atoms with Gasteiger partial charge in [0.1, 0.15) is 16.3 Å². The van der Waals surface area contributed by atoms with Crippen molar-refractivity contribution in [1.82, 2.24) is 14.6 Å². The molecule has 3 rings (SSSR count). The molecule has 0 radical (unpaired) electrons. The van der Waals surface area contributed by atoms with Crippen molar-refractivity contribution in [2.24, 2.45) is 5.92 Å². The lowest BCUT2D eigenvalue weighted by Crippen LogP contribution is -2.39. The predicted molar refractivity (Wildman–Crippen MR) is 113 cm³/mol. The van der Waals surface area contributed by atoms with Crippen LogP contribution >= 0.6 is 0 Å². The summed E-state index contributed by atoms with van der Waals surface area (Å²) >= 11 is 0. The maximum Gasteiger partial charge on any atom is 0.354 e. The molecule has 0 aliphatic carbocycles. The summed E-state index contributed by atoms with van der Waals surface area (Å²) in [6.07, 6.45) is 4.16. The van der Waals surface area contributed by atoms with Crippen molar-refractivity contribution < 1.29 is 22.7 Å². The van der Waals surface area contributed by atoms with Gasteiger partial charge in [-0.1, -0.05) is 12.1 Å². The molecular formula is C21H29N3O5S. The molecule has 0 saturated carbocycles. The van der Waals surface area contributed by atoms with E-state index in [-0.39, 0.29) is 10.6 Å². The number of aromatic nitrogens is 1. The van der Waals surface area contributed by atoms with Crippen LogP contribution in [-0.2, 0) is 21.2 Å². The Morgan fingerprint density at radius 2 is 2.00 bits per heavy atom. The Balaban J connectivity index is 1.43. The first-order chi connectivity index (χ1) is 14.4. The van der Waals surface area contributed by atoms with Gasteiger partial charge in [0.25, 0.3) is 0 Å². The second-order valence-electron chi connectivity index (χ2n) is 7.48. The lowest BCUT2D eigenvalue weighted by molar-refractivity contribution is 0.0594. The zero-order valence-electron chi connectivity index (χ0n) is 17.4. The van der Waals surface area contributed by atoms with Gasteiger partial charge in [-0.2, -0.15) is 0 Å². The second kappa shape index (κ2) is 10.1. The summed E-state index contributed by atoms with van der Waals surface area (Å²) in [4.78, 5) is 16.6. The molecule has 1 aliphatic heterocycles. The van der Waals surface area contributed by atoms with Gasteiger partial charge in [0.2, 0.25) is 10.0 Å². The van der Waals surface area contributed by atoms with E-state index in [0.29, 0.717) is 12.5 Å². The minimum absolute atomic E-state index is 0.0404. The second-order valence-corrected chi connectivity index (χ2v) is 9.25. The van der Waals surface area contributed by atoms with Gasteiger partial charge in [0.05, 0.1) is 14.2 Å². The lowest BCUT2D eigenvalue weighted by atomic mass is 9.97. The van der Waals surface area contributed by atoms with Gasteiger partial charge in [-0.25, -0.2) is 17.9 Å². The largest absolute Gasteiger partial charge is 0.497 e. The minimum Gasteiger partial charge on any atom is -0.497 e. The van der Waals surface area contributed by atoms with Crippen LogP contribution in [0.1, 0.15) is 28.9 Å². The number of hydrogen-bond acceptors (Lipinski definition) is 6. The van der Waals surface area contributed by atoms with Gasteiger partial charge in [0, 0.05) is 19.3 Å². The van der Waals surface area contributed by atoms with E-state index >= 15 is 0 Å². The number of ether oxygens (including phenoxy) is 2. The fourth-order valence-electron chi connectivity index (χ4n) is 3.60. The number of piperidine rings is 1. The number of carbonyl (C=O) groups is 1. The number of carbonyl (C=O) groups excluding carboxylic acids is 1. The van der Waals surface area contributed by atoms with Gasteiger partial charge in [0.15, 0.2) is 0 Å². The molecule has 0 atom stereocenters. The first-order valence-corrected chi connectivity index (χ1v) is 11.5. The van der Waals surface area contributed by atoms with Crippen molar-refractivity contribution in [1.29, 1.82) is 0 Å². The van der Waals surface area contributed by atoms with Gasteiger partial charge in [-0.15, -0.1) is 0 Å². The molecule has 2 heterocycles. The van der Waals surface area contributed by atoms with E-state index in [2.05, 4.69) is 31.5 Å². The smallest absolute Gasteiger partial charge is 0.354 e. The molecule has 0 unspecified atom stereocenters. The molecule has 8 nitrogen and oxygen atoms in total. The third kappa shape index (κ3) is 5.84. The number of sulfonamides is 1. The molecule has 1 aliphatic rings. The molecule has 1 saturated heterocycles. The fourth-order valence-corrected chi connectivity index (χ4v) is 4.71. The first kappa shape index (κ1) is 22.3. The Morgan fingerprint density at radius 1 is 1.23 bits per heavy atom. The Kier molecular flexibility index (Phi) is 7.52. The molecule has 1 aromatic carbocycles. The Bertz CT molecular complexity index is 949. The highest BCUT2D eigenvalue weighted by molar-refractivity contribution is 7.89. The molecule has 0 amide bonds. The standard InChI is InChI=1S/C21H29N3O5S/c1-28-18-5-3-4-16(12-18)6-9-24-10-7-17(8-11-24)14-23-30(26,27)19-13-20(22-15-19)21(25)29-2/h3-5,12-13,15,17,22-23H,6-11,14H2,1-2H3. The number of esters is 1. The van der Waals surface area contributed by atoms with Crippen LogP contribution in [0.25, 0.3) is 0 Å². The van der Waals surface area contributed by atoms with E-state index in [0.717, 1.165) is 44.6 Å². The number of nitrogens with one attached hydrogen (secondary N) is 2. The van der Waals surface area contributed by atoms with Gasteiger partial charge >= 0.3 is 5.97 Å². The molecular weight excluding hydrogens is 406 g/mol. The summed E-state index contributed by atoms with van der Waals surface area (Å²) < 4.78 is 37.5. The van der Waals surface area contributed by atoms with Crippen molar-refractivity contribution in [3.63, 3.8) is 0 Å². The van der Waals surface area contributed by atoms with E-state index in [1.165, 1.54) is 24.9 Å².